The number of hydrogen-bond donors (Lipinski definition) is 1. The maximum absolute atomic E-state index is 13.5. The number of hydrogen-bond acceptors (Lipinski definition) is 1. The van der Waals surface area contributed by atoms with Crippen LogP contribution in [0.2, 0.25) is 0 Å². The Morgan fingerprint density at radius 2 is 1.65 bits per heavy atom. The summed E-state index contributed by atoms with van der Waals surface area (Å²) in [5, 5.41) is 2.97. The van der Waals surface area contributed by atoms with Gasteiger partial charge in [-0.25, -0.2) is 4.39 Å². The molecule has 0 unspecified atom stereocenters. The summed E-state index contributed by atoms with van der Waals surface area (Å²) in [6.07, 6.45) is 0. The van der Waals surface area contributed by atoms with Gasteiger partial charge in [-0.2, -0.15) is 0 Å². The van der Waals surface area contributed by atoms with Gasteiger partial charge in [0.25, 0.3) is 0 Å². The second-order valence-corrected chi connectivity index (χ2v) is 4.20. The molecule has 2 rings (SSSR count). The lowest BCUT2D eigenvalue weighted by Crippen LogP contribution is -2.07. The van der Waals surface area contributed by atoms with Gasteiger partial charge in [-0.15, -0.1) is 0 Å². The van der Waals surface area contributed by atoms with Gasteiger partial charge >= 0.3 is 0 Å². The van der Waals surface area contributed by atoms with Crippen LogP contribution < -0.4 is 5.32 Å². The standard InChI is InChI=1S/C15H16FN/c1-11-3-5-12(6-4-11)13-7-8-15(16)14(9-13)10-17-2/h3-9,17H,10H2,1-2H3. The minimum Gasteiger partial charge on any atom is -0.316 e. The molecule has 0 saturated heterocycles. The first-order valence-electron chi connectivity index (χ1n) is 5.71. The molecule has 2 heteroatoms. The summed E-state index contributed by atoms with van der Waals surface area (Å²) in [7, 11) is 1.82. The van der Waals surface area contributed by atoms with Crippen molar-refractivity contribution in [1.29, 1.82) is 0 Å². The molecular formula is C15H16FN. The van der Waals surface area contributed by atoms with Gasteiger partial charge in [-0.1, -0.05) is 35.9 Å². The monoisotopic (exact) mass is 229 g/mol. The Morgan fingerprint density at radius 1 is 1.00 bits per heavy atom. The molecule has 17 heavy (non-hydrogen) atoms. The summed E-state index contributed by atoms with van der Waals surface area (Å²) >= 11 is 0. The van der Waals surface area contributed by atoms with Crippen molar-refractivity contribution in [1.82, 2.24) is 5.32 Å². The highest BCUT2D eigenvalue weighted by Gasteiger charge is 2.04. The molecular weight excluding hydrogens is 213 g/mol. The molecule has 0 amide bonds. The summed E-state index contributed by atoms with van der Waals surface area (Å²) in [6.45, 7) is 2.60. The van der Waals surface area contributed by atoms with Crippen molar-refractivity contribution in [2.45, 2.75) is 13.5 Å². The van der Waals surface area contributed by atoms with E-state index in [4.69, 9.17) is 0 Å². The molecule has 2 aromatic rings. The normalized spacial score (nSPS) is 10.5. The number of halogens is 1. The van der Waals surface area contributed by atoms with Crippen LogP contribution in [0.15, 0.2) is 42.5 Å². The number of rotatable bonds is 3. The van der Waals surface area contributed by atoms with E-state index in [-0.39, 0.29) is 5.82 Å². The third-order valence-electron chi connectivity index (χ3n) is 2.80. The van der Waals surface area contributed by atoms with Crippen molar-refractivity contribution >= 4 is 0 Å². The highest BCUT2D eigenvalue weighted by Crippen LogP contribution is 2.22. The zero-order valence-electron chi connectivity index (χ0n) is 10.1. The summed E-state index contributed by atoms with van der Waals surface area (Å²) in [5.41, 5.74) is 4.10. The minimum absolute atomic E-state index is 0.157. The maximum atomic E-state index is 13.5. The SMILES string of the molecule is CNCc1cc(-c2ccc(C)cc2)ccc1F. The van der Waals surface area contributed by atoms with Crippen molar-refractivity contribution in [3.05, 3.63) is 59.4 Å². The fourth-order valence-corrected chi connectivity index (χ4v) is 1.83. The van der Waals surface area contributed by atoms with Crippen molar-refractivity contribution in [2.24, 2.45) is 0 Å². The second-order valence-electron chi connectivity index (χ2n) is 4.20. The zero-order valence-corrected chi connectivity index (χ0v) is 10.1. The maximum Gasteiger partial charge on any atom is 0.127 e. The van der Waals surface area contributed by atoms with Crippen LogP contribution in [0.3, 0.4) is 0 Å². The van der Waals surface area contributed by atoms with E-state index in [2.05, 4.69) is 36.5 Å². The minimum atomic E-state index is -0.157. The van der Waals surface area contributed by atoms with Crippen LogP contribution in [-0.2, 0) is 6.54 Å². The van der Waals surface area contributed by atoms with E-state index in [1.54, 1.807) is 0 Å². The quantitative estimate of drug-likeness (QED) is 0.849. The lowest BCUT2D eigenvalue weighted by atomic mass is 10.0. The van der Waals surface area contributed by atoms with Crippen LogP contribution in [0.1, 0.15) is 11.1 Å². The predicted molar refractivity (Wildman–Crippen MR) is 69.3 cm³/mol. The average molecular weight is 229 g/mol. The molecule has 0 aliphatic carbocycles. The molecule has 0 radical (unpaired) electrons. The zero-order chi connectivity index (χ0) is 12.3. The van der Waals surface area contributed by atoms with Crippen LogP contribution >= 0.6 is 0 Å². The molecule has 0 aliphatic heterocycles. The fourth-order valence-electron chi connectivity index (χ4n) is 1.83. The molecule has 0 atom stereocenters. The molecule has 0 spiro atoms. The summed E-state index contributed by atoms with van der Waals surface area (Å²) < 4.78 is 13.5. The Balaban J connectivity index is 2.39. The molecule has 88 valence electrons. The first kappa shape index (κ1) is 11.8. The second kappa shape index (κ2) is 5.11. The molecule has 0 aliphatic rings. The Morgan fingerprint density at radius 3 is 2.29 bits per heavy atom. The Bertz CT molecular complexity index is 503. The van der Waals surface area contributed by atoms with E-state index in [1.807, 2.05) is 19.2 Å². The lowest BCUT2D eigenvalue weighted by molar-refractivity contribution is 0.601. The van der Waals surface area contributed by atoms with E-state index in [0.29, 0.717) is 12.1 Å². The average Bonchev–Trinajstić information content (AvgIpc) is 2.33. The molecule has 2 aromatic carbocycles. The van der Waals surface area contributed by atoms with Crippen LogP contribution in [0.5, 0.6) is 0 Å². The Kier molecular flexibility index (Phi) is 3.55. The van der Waals surface area contributed by atoms with Gasteiger partial charge < -0.3 is 5.32 Å². The molecule has 0 bridgehead atoms. The predicted octanol–water partition coefficient (Wildman–Crippen LogP) is 3.52. The van der Waals surface area contributed by atoms with E-state index in [0.717, 1.165) is 11.1 Å². The van der Waals surface area contributed by atoms with Gasteiger partial charge in [0.05, 0.1) is 0 Å². The van der Waals surface area contributed by atoms with E-state index >= 15 is 0 Å². The fraction of sp³-hybridized carbons (Fsp3) is 0.200. The summed E-state index contributed by atoms with van der Waals surface area (Å²) in [6, 6.07) is 13.5. The number of benzene rings is 2. The highest BCUT2D eigenvalue weighted by molar-refractivity contribution is 5.64. The molecule has 1 N–H and O–H groups in total. The molecule has 0 heterocycles. The van der Waals surface area contributed by atoms with Crippen molar-refractivity contribution < 1.29 is 4.39 Å². The van der Waals surface area contributed by atoms with Crippen LogP contribution in [0.25, 0.3) is 11.1 Å². The van der Waals surface area contributed by atoms with Gasteiger partial charge in [-0.05, 0) is 37.2 Å². The van der Waals surface area contributed by atoms with Gasteiger partial charge in [-0.3, -0.25) is 0 Å². The number of nitrogens with one attached hydrogen (secondary N) is 1. The van der Waals surface area contributed by atoms with Gasteiger partial charge in [0.2, 0.25) is 0 Å². The topological polar surface area (TPSA) is 12.0 Å². The van der Waals surface area contributed by atoms with Gasteiger partial charge in [0.1, 0.15) is 5.82 Å². The first-order valence-corrected chi connectivity index (χ1v) is 5.71. The lowest BCUT2D eigenvalue weighted by Gasteiger charge is -2.07. The van der Waals surface area contributed by atoms with Crippen molar-refractivity contribution in [3.8, 4) is 11.1 Å². The van der Waals surface area contributed by atoms with Crippen LogP contribution in [-0.4, -0.2) is 7.05 Å². The number of aryl methyl sites for hydroxylation is 1. The largest absolute Gasteiger partial charge is 0.316 e. The van der Waals surface area contributed by atoms with E-state index in [1.165, 1.54) is 11.6 Å². The third kappa shape index (κ3) is 2.71. The molecule has 0 fully saturated rings. The smallest absolute Gasteiger partial charge is 0.127 e. The molecule has 0 saturated carbocycles. The first-order chi connectivity index (χ1) is 8.20. The van der Waals surface area contributed by atoms with Crippen molar-refractivity contribution in [3.63, 3.8) is 0 Å². The summed E-state index contributed by atoms with van der Waals surface area (Å²) in [5.74, 6) is -0.157. The molecule has 1 nitrogen and oxygen atoms in total. The van der Waals surface area contributed by atoms with E-state index in [9.17, 15) is 4.39 Å². The molecule has 0 aromatic heterocycles. The van der Waals surface area contributed by atoms with Crippen LogP contribution in [0, 0.1) is 12.7 Å². The van der Waals surface area contributed by atoms with Crippen molar-refractivity contribution in [2.75, 3.05) is 7.05 Å². The van der Waals surface area contributed by atoms with Crippen LogP contribution in [0.4, 0.5) is 4.39 Å². The highest BCUT2D eigenvalue weighted by atomic mass is 19.1. The Hall–Kier alpha value is -1.67. The van der Waals surface area contributed by atoms with Gasteiger partial charge in [0.15, 0.2) is 0 Å². The van der Waals surface area contributed by atoms with E-state index < -0.39 is 0 Å². The Labute approximate surface area is 101 Å². The summed E-state index contributed by atoms with van der Waals surface area (Å²) in [4.78, 5) is 0. The third-order valence-corrected chi connectivity index (χ3v) is 2.80. The van der Waals surface area contributed by atoms with Gasteiger partial charge in [0, 0.05) is 12.1 Å².